The van der Waals surface area contributed by atoms with Gasteiger partial charge in [-0.2, -0.15) is 0 Å². The Kier molecular flexibility index (Phi) is 4.16. The van der Waals surface area contributed by atoms with E-state index in [0.29, 0.717) is 17.3 Å². The Morgan fingerprint density at radius 3 is 2.81 bits per heavy atom. The molecule has 0 spiro atoms. The highest BCUT2D eigenvalue weighted by molar-refractivity contribution is 6.16. The Bertz CT molecular complexity index is 653. The van der Waals surface area contributed by atoms with E-state index < -0.39 is 11.6 Å². The zero-order valence-corrected chi connectivity index (χ0v) is 12.8. The molecule has 2 nitrogen and oxygen atoms in total. The van der Waals surface area contributed by atoms with Crippen LogP contribution in [0.5, 0.6) is 0 Å². The van der Waals surface area contributed by atoms with Gasteiger partial charge in [-0.1, -0.05) is 19.8 Å². The second kappa shape index (κ2) is 5.91. The van der Waals surface area contributed by atoms with E-state index >= 15 is 0 Å². The number of nitrogens with zero attached hydrogens (tertiary/aromatic N) is 2. The van der Waals surface area contributed by atoms with Gasteiger partial charge in [-0.3, -0.25) is 0 Å². The van der Waals surface area contributed by atoms with E-state index in [1.807, 2.05) is 4.57 Å². The van der Waals surface area contributed by atoms with Gasteiger partial charge in [-0.25, -0.2) is 13.8 Å². The minimum atomic E-state index is -0.827. The zero-order chi connectivity index (χ0) is 15.0. The number of halogens is 3. The second-order valence-corrected chi connectivity index (χ2v) is 6.30. The smallest absolute Gasteiger partial charge is 0.184 e. The maximum absolute atomic E-state index is 14.3. The van der Waals surface area contributed by atoms with Gasteiger partial charge in [0.15, 0.2) is 11.6 Å². The minimum absolute atomic E-state index is 0.157. The van der Waals surface area contributed by atoms with E-state index in [1.165, 1.54) is 12.5 Å². The molecule has 5 heteroatoms. The van der Waals surface area contributed by atoms with Crippen LogP contribution < -0.4 is 0 Å². The highest BCUT2D eigenvalue weighted by atomic mass is 35.5. The van der Waals surface area contributed by atoms with Crippen LogP contribution in [0.2, 0.25) is 0 Å². The lowest BCUT2D eigenvalue weighted by atomic mass is 10.0. The summed E-state index contributed by atoms with van der Waals surface area (Å²) in [5, 5.41) is 0. The molecular formula is C16H19ClF2N2. The molecule has 2 atom stereocenters. The first kappa shape index (κ1) is 14.8. The van der Waals surface area contributed by atoms with E-state index in [1.54, 1.807) is 0 Å². The van der Waals surface area contributed by atoms with Crippen LogP contribution in [-0.4, -0.2) is 9.55 Å². The number of aromatic nitrogens is 2. The number of hydrogen-bond donors (Lipinski definition) is 0. The van der Waals surface area contributed by atoms with Gasteiger partial charge in [0, 0.05) is 6.04 Å². The van der Waals surface area contributed by atoms with Gasteiger partial charge in [0.2, 0.25) is 0 Å². The molecule has 0 aliphatic heterocycles. The zero-order valence-electron chi connectivity index (χ0n) is 12.1. The maximum Gasteiger partial charge on any atom is 0.184 e. The van der Waals surface area contributed by atoms with E-state index in [9.17, 15) is 8.78 Å². The Morgan fingerprint density at radius 1 is 1.24 bits per heavy atom. The molecule has 1 aromatic carbocycles. The Hall–Kier alpha value is -1.16. The summed E-state index contributed by atoms with van der Waals surface area (Å²) in [4.78, 5) is 4.38. The largest absolute Gasteiger partial charge is 0.321 e. The average Bonchev–Trinajstić information content (AvgIpc) is 2.72. The first-order valence-corrected chi connectivity index (χ1v) is 8.06. The fraction of sp³-hybridized carbons (Fsp3) is 0.562. The summed E-state index contributed by atoms with van der Waals surface area (Å²) in [6, 6.07) is 2.81. The van der Waals surface area contributed by atoms with Crippen LogP contribution in [0.3, 0.4) is 0 Å². The third-order valence-corrected chi connectivity index (χ3v) is 4.77. The van der Waals surface area contributed by atoms with E-state index in [-0.39, 0.29) is 17.4 Å². The lowest BCUT2D eigenvalue weighted by Gasteiger charge is -2.20. The molecular weight excluding hydrogens is 294 g/mol. The predicted molar refractivity (Wildman–Crippen MR) is 80.5 cm³/mol. The van der Waals surface area contributed by atoms with Gasteiger partial charge < -0.3 is 4.57 Å². The average molecular weight is 313 g/mol. The fourth-order valence-electron chi connectivity index (χ4n) is 3.38. The van der Waals surface area contributed by atoms with Crippen molar-refractivity contribution in [3.63, 3.8) is 0 Å². The van der Waals surface area contributed by atoms with E-state index in [0.717, 1.165) is 31.7 Å². The first-order valence-electron chi connectivity index (χ1n) is 7.52. The molecule has 0 saturated heterocycles. The molecule has 114 valence electrons. The summed E-state index contributed by atoms with van der Waals surface area (Å²) in [5.41, 5.74) is 0.757. The standard InChI is InChI=1S/C16H19ClF2N2/c1-10-3-2-4-11(6-5-10)21-14(9-17)20-13-8-7-12(18)15(19)16(13)21/h7-8,10-11H,2-6,9H2,1H3. The normalized spacial score (nSPS) is 23.4. The molecule has 0 N–H and O–H groups in total. The molecule has 21 heavy (non-hydrogen) atoms. The van der Waals surface area contributed by atoms with Crippen LogP contribution >= 0.6 is 11.6 Å². The summed E-state index contributed by atoms with van der Waals surface area (Å²) in [5.74, 6) is -0.108. The van der Waals surface area contributed by atoms with Gasteiger partial charge in [-0.15, -0.1) is 11.6 Å². The molecule has 0 amide bonds. The summed E-state index contributed by atoms with van der Waals surface area (Å²) in [6.07, 6.45) is 5.32. The Labute approximate surface area is 128 Å². The number of hydrogen-bond acceptors (Lipinski definition) is 1. The highest BCUT2D eigenvalue weighted by Gasteiger charge is 2.24. The molecule has 0 bridgehead atoms. The topological polar surface area (TPSA) is 17.8 Å². The van der Waals surface area contributed by atoms with Crippen molar-refractivity contribution < 1.29 is 8.78 Å². The minimum Gasteiger partial charge on any atom is -0.321 e. The van der Waals surface area contributed by atoms with Gasteiger partial charge in [0.25, 0.3) is 0 Å². The molecule has 2 aromatic rings. The van der Waals surface area contributed by atoms with Crippen molar-refractivity contribution in [1.29, 1.82) is 0 Å². The molecule has 1 aromatic heterocycles. The van der Waals surface area contributed by atoms with Crippen molar-refractivity contribution in [1.82, 2.24) is 9.55 Å². The lowest BCUT2D eigenvalue weighted by molar-refractivity contribution is 0.426. The quantitative estimate of drug-likeness (QED) is 0.551. The molecule has 2 unspecified atom stereocenters. The molecule has 1 aliphatic rings. The Morgan fingerprint density at radius 2 is 2.05 bits per heavy atom. The third-order valence-electron chi connectivity index (χ3n) is 4.53. The second-order valence-electron chi connectivity index (χ2n) is 6.03. The maximum atomic E-state index is 14.3. The van der Waals surface area contributed by atoms with Crippen LogP contribution in [0.25, 0.3) is 11.0 Å². The molecule has 1 fully saturated rings. The van der Waals surface area contributed by atoms with Crippen LogP contribution in [-0.2, 0) is 5.88 Å². The van der Waals surface area contributed by atoms with Gasteiger partial charge in [0.1, 0.15) is 11.3 Å². The fourth-order valence-corrected chi connectivity index (χ4v) is 3.57. The number of alkyl halides is 1. The van der Waals surface area contributed by atoms with Crippen molar-refractivity contribution >= 4 is 22.6 Å². The third kappa shape index (κ3) is 2.66. The molecule has 1 saturated carbocycles. The molecule has 3 rings (SSSR count). The van der Waals surface area contributed by atoms with Gasteiger partial charge in [0.05, 0.1) is 11.4 Å². The van der Waals surface area contributed by atoms with Crippen molar-refractivity contribution in [2.24, 2.45) is 5.92 Å². The van der Waals surface area contributed by atoms with Crippen LogP contribution in [0.15, 0.2) is 12.1 Å². The van der Waals surface area contributed by atoms with Crippen molar-refractivity contribution in [3.8, 4) is 0 Å². The van der Waals surface area contributed by atoms with Crippen molar-refractivity contribution in [3.05, 3.63) is 29.6 Å². The lowest BCUT2D eigenvalue weighted by Crippen LogP contribution is -2.12. The molecule has 0 radical (unpaired) electrons. The summed E-state index contributed by atoms with van der Waals surface area (Å²) >= 11 is 5.98. The van der Waals surface area contributed by atoms with Crippen molar-refractivity contribution in [2.75, 3.05) is 0 Å². The number of benzene rings is 1. The SMILES string of the molecule is CC1CCCC(n2c(CCl)nc3ccc(F)c(F)c32)CC1. The van der Waals surface area contributed by atoms with Gasteiger partial charge in [-0.05, 0) is 37.3 Å². The molecule has 1 heterocycles. The summed E-state index contributed by atoms with van der Waals surface area (Å²) < 4.78 is 29.7. The number of imidazole rings is 1. The predicted octanol–water partition coefficient (Wildman–Crippen LogP) is 5.19. The monoisotopic (exact) mass is 312 g/mol. The first-order chi connectivity index (χ1) is 10.1. The van der Waals surface area contributed by atoms with Crippen molar-refractivity contribution in [2.45, 2.75) is 50.9 Å². The Balaban J connectivity index is 2.13. The number of rotatable bonds is 2. The van der Waals surface area contributed by atoms with Crippen LogP contribution in [0.4, 0.5) is 8.78 Å². The summed E-state index contributed by atoms with van der Waals surface area (Å²) in [7, 11) is 0. The van der Waals surface area contributed by atoms with E-state index in [4.69, 9.17) is 11.6 Å². The number of fused-ring (bicyclic) bond motifs is 1. The van der Waals surface area contributed by atoms with E-state index in [2.05, 4.69) is 11.9 Å². The van der Waals surface area contributed by atoms with Crippen LogP contribution in [0, 0.1) is 17.6 Å². The van der Waals surface area contributed by atoms with Gasteiger partial charge >= 0.3 is 0 Å². The highest BCUT2D eigenvalue weighted by Crippen LogP contribution is 2.35. The molecule has 1 aliphatic carbocycles. The van der Waals surface area contributed by atoms with Crippen LogP contribution in [0.1, 0.15) is 50.9 Å². The summed E-state index contributed by atoms with van der Waals surface area (Å²) in [6.45, 7) is 2.25.